The molecule has 3 N–H and O–H groups in total. The zero-order valence-corrected chi connectivity index (χ0v) is 25.7. The molecule has 5 aromatic rings. The fraction of sp³-hybridized carbons (Fsp3) is 0.258. The van der Waals surface area contributed by atoms with E-state index in [1.54, 1.807) is 11.3 Å². The molecule has 12 heteroatoms. The van der Waals surface area contributed by atoms with Crippen LogP contribution in [0, 0.1) is 18.8 Å². The number of para-hydroxylation sites is 1. The van der Waals surface area contributed by atoms with E-state index in [-0.39, 0.29) is 5.69 Å². The zero-order valence-electron chi connectivity index (χ0n) is 24.0. The maximum atomic E-state index is 11.8. The highest BCUT2D eigenvalue weighted by Crippen LogP contribution is 2.29. The Labute approximate surface area is 257 Å². The van der Waals surface area contributed by atoms with Crippen molar-refractivity contribution < 1.29 is 14.6 Å². The van der Waals surface area contributed by atoms with Crippen molar-refractivity contribution in [2.45, 2.75) is 26.3 Å². The van der Waals surface area contributed by atoms with Crippen molar-refractivity contribution >= 4 is 54.9 Å². The van der Waals surface area contributed by atoms with Crippen molar-refractivity contribution in [3.63, 3.8) is 0 Å². The van der Waals surface area contributed by atoms with Gasteiger partial charge in [0.05, 0.1) is 35.6 Å². The van der Waals surface area contributed by atoms with Gasteiger partial charge in [0.25, 0.3) is 0 Å². The minimum Gasteiger partial charge on any atom is -0.494 e. The maximum Gasteiger partial charge on any atom is 0.355 e. The number of anilines is 3. The van der Waals surface area contributed by atoms with Gasteiger partial charge in [-0.2, -0.15) is 5.10 Å². The van der Waals surface area contributed by atoms with Crippen LogP contribution in [0.5, 0.6) is 5.75 Å². The van der Waals surface area contributed by atoms with Gasteiger partial charge in [0.15, 0.2) is 21.8 Å². The number of nitrogens with zero attached hydrogens (tertiary/aromatic N) is 5. The minimum atomic E-state index is -1.05. The number of rotatable bonds is 12. The number of aromatic carboxylic acids is 1. The molecule has 0 spiro atoms. The van der Waals surface area contributed by atoms with Crippen LogP contribution >= 0.6 is 22.7 Å². The molecule has 0 amide bonds. The van der Waals surface area contributed by atoms with Gasteiger partial charge in [-0.1, -0.05) is 35.3 Å². The van der Waals surface area contributed by atoms with Crippen LogP contribution < -0.4 is 15.4 Å². The molecule has 0 atom stereocenters. The summed E-state index contributed by atoms with van der Waals surface area (Å²) in [5.74, 6) is 6.57. The standard InChI is InChI=1S/C31H31N7O3S2/c1-20-18-22(36-37-28(20)35-31-33-24-9-4-5-10-25(24)42-31)19-32-30-34-27(29(39)40)26(43-30)11-7-17-41-23-14-12-21(13-15-23)8-6-16-38(2)3/h4-5,9-10,12-15,18H,7,11,16-17,19H2,1-3H3,(H,32,34)(H,39,40)(H,33,35,37). The number of nitrogens with one attached hydrogen (secondary N) is 2. The predicted octanol–water partition coefficient (Wildman–Crippen LogP) is 5.83. The molecular formula is C31H31N7O3S2. The van der Waals surface area contributed by atoms with Crippen molar-refractivity contribution in [1.82, 2.24) is 25.1 Å². The van der Waals surface area contributed by atoms with Gasteiger partial charge < -0.3 is 20.5 Å². The lowest BCUT2D eigenvalue weighted by molar-refractivity contribution is 0.0690. The van der Waals surface area contributed by atoms with Gasteiger partial charge in [-0.3, -0.25) is 4.90 Å². The number of aromatic nitrogens is 4. The molecule has 0 saturated carbocycles. The van der Waals surface area contributed by atoms with Crippen molar-refractivity contribution in [2.24, 2.45) is 0 Å². The average molecular weight is 614 g/mol. The third-order valence-electron chi connectivity index (χ3n) is 6.17. The molecule has 43 heavy (non-hydrogen) atoms. The average Bonchev–Trinajstić information content (AvgIpc) is 3.60. The van der Waals surface area contributed by atoms with Crippen molar-refractivity contribution in [2.75, 3.05) is 37.9 Å². The number of fused-ring (bicyclic) bond motifs is 1. The van der Waals surface area contributed by atoms with Crippen LogP contribution in [0.15, 0.2) is 54.6 Å². The Morgan fingerprint density at radius 3 is 2.60 bits per heavy atom. The Morgan fingerprint density at radius 1 is 1.05 bits per heavy atom. The molecular weight excluding hydrogens is 583 g/mol. The van der Waals surface area contributed by atoms with Crippen LogP contribution in [-0.2, 0) is 13.0 Å². The number of carboxylic acids is 1. The molecule has 0 aliphatic rings. The Morgan fingerprint density at radius 2 is 1.86 bits per heavy atom. The first-order chi connectivity index (χ1) is 20.8. The van der Waals surface area contributed by atoms with E-state index in [1.165, 1.54) is 11.3 Å². The van der Waals surface area contributed by atoms with E-state index in [0.717, 1.165) is 32.2 Å². The van der Waals surface area contributed by atoms with Crippen LogP contribution in [0.1, 0.15) is 38.6 Å². The van der Waals surface area contributed by atoms with E-state index in [0.29, 0.717) is 54.1 Å². The van der Waals surface area contributed by atoms with E-state index < -0.39 is 5.97 Å². The predicted molar refractivity (Wildman–Crippen MR) is 172 cm³/mol. The molecule has 220 valence electrons. The topological polar surface area (TPSA) is 125 Å². The number of aryl methyl sites for hydroxylation is 2. The zero-order chi connectivity index (χ0) is 30.2. The summed E-state index contributed by atoms with van der Waals surface area (Å²) < 4.78 is 6.95. The van der Waals surface area contributed by atoms with Gasteiger partial charge in [0, 0.05) is 10.4 Å². The van der Waals surface area contributed by atoms with Gasteiger partial charge >= 0.3 is 5.97 Å². The summed E-state index contributed by atoms with van der Waals surface area (Å²) in [4.78, 5) is 23.4. The highest BCUT2D eigenvalue weighted by Gasteiger charge is 2.17. The van der Waals surface area contributed by atoms with E-state index in [9.17, 15) is 9.90 Å². The second-order valence-electron chi connectivity index (χ2n) is 9.94. The molecule has 0 saturated heterocycles. The van der Waals surface area contributed by atoms with Crippen LogP contribution in [0.2, 0.25) is 0 Å². The maximum absolute atomic E-state index is 11.8. The van der Waals surface area contributed by atoms with Crippen molar-refractivity contribution in [1.29, 1.82) is 0 Å². The number of benzene rings is 2. The Kier molecular flexibility index (Phi) is 9.78. The Hall–Kier alpha value is -4.57. The molecule has 2 aromatic carbocycles. The van der Waals surface area contributed by atoms with Gasteiger partial charge in [0.2, 0.25) is 0 Å². The number of hydrogen-bond donors (Lipinski definition) is 3. The monoisotopic (exact) mass is 613 g/mol. The van der Waals surface area contributed by atoms with Gasteiger partial charge in [-0.25, -0.2) is 14.8 Å². The molecule has 0 aliphatic carbocycles. The number of hydrogen-bond acceptors (Lipinski definition) is 11. The SMILES string of the molecule is Cc1cc(CNc2nc(C(=O)O)c(CCCOc3ccc(C#CCN(C)C)cc3)s2)nnc1Nc1nc2ccccc2s1. The van der Waals surface area contributed by atoms with Gasteiger partial charge in [-0.05, 0) is 81.9 Å². The van der Waals surface area contributed by atoms with E-state index in [2.05, 4.69) is 42.6 Å². The third kappa shape index (κ3) is 8.26. The van der Waals surface area contributed by atoms with Gasteiger partial charge in [-0.15, -0.1) is 16.4 Å². The van der Waals surface area contributed by atoms with E-state index >= 15 is 0 Å². The summed E-state index contributed by atoms with van der Waals surface area (Å²) in [6.45, 7) is 3.48. The summed E-state index contributed by atoms with van der Waals surface area (Å²) in [6, 6.07) is 17.5. The number of carboxylic acid groups (broad SMARTS) is 1. The number of carbonyl (C=O) groups is 1. The summed E-state index contributed by atoms with van der Waals surface area (Å²) >= 11 is 2.89. The lowest BCUT2D eigenvalue weighted by Crippen LogP contribution is -2.10. The quantitative estimate of drug-likeness (QED) is 0.117. The van der Waals surface area contributed by atoms with Crippen LogP contribution in [-0.4, -0.2) is 63.4 Å². The summed E-state index contributed by atoms with van der Waals surface area (Å²) in [7, 11) is 3.96. The highest BCUT2D eigenvalue weighted by molar-refractivity contribution is 7.22. The van der Waals surface area contributed by atoms with Crippen LogP contribution in [0.3, 0.4) is 0 Å². The second kappa shape index (κ2) is 14.1. The summed E-state index contributed by atoms with van der Waals surface area (Å²) in [5, 5.41) is 26.1. The third-order valence-corrected chi connectivity index (χ3v) is 8.20. The first-order valence-corrected chi connectivity index (χ1v) is 15.3. The molecule has 5 rings (SSSR count). The van der Waals surface area contributed by atoms with Crippen LogP contribution in [0.4, 0.5) is 16.1 Å². The Balaban J connectivity index is 1.12. The first kappa shape index (κ1) is 29.9. The molecule has 0 fully saturated rings. The molecule has 3 aromatic heterocycles. The minimum absolute atomic E-state index is 0.0609. The Bertz CT molecular complexity index is 1740. The van der Waals surface area contributed by atoms with Crippen molar-refractivity contribution in [3.8, 4) is 17.6 Å². The number of thiazole rings is 2. The first-order valence-electron chi connectivity index (χ1n) is 13.6. The highest BCUT2D eigenvalue weighted by atomic mass is 32.1. The lowest BCUT2D eigenvalue weighted by Gasteiger charge is -2.07. The smallest absolute Gasteiger partial charge is 0.355 e. The molecule has 0 bridgehead atoms. The second-order valence-corrected chi connectivity index (χ2v) is 12.1. The van der Waals surface area contributed by atoms with Crippen LogP contribution in [0.25, 0.3) is 10.2 Å². The molecule has 0 aliphatic heterocycles. The summed E-state index contributed by atoms with van der Waals surface area (Å²) in [5.41, 5.74) is 3.56. The largest absolute Gasteiger partial charge is 0.494 e. The van der Waals surface area contributed by atoms with Gasteiger partial charge in [0.1, 0.15) is 5.75 Å². The molecule has 10 nitrogen and oxygen atoms in total. The van der Waals surface area contributed by atoms with E-state index in [1.807, 2.05) is 80.5 Å². The van der Waals surface area contributed by atoms with E-state index in [4.69, 9.17) is 4.74 Å². The summed E-state index contributed by atoms with van der Waals surface area (Å²) in [6.07, 6.45) is 1.19. The fourth-order valence-electron chi connectivity index (χ4n) is 4.06. The molecule has 0 radical (unpaired) electrons. The number of ether oxygens (including phenoxy) is 1. The molecule has 0 unspecified atom stereocenters. The lowest BCUT2D eigenvalue weighted by atomic mass is 10.2. The fourth-order valence-corrected chi connectivity index (χ4v) is 5.92. The molecule has 3 heterocycles. The normalized spacial score (nSPS) is 10.9. The van der Waals surface area contributed by atoms with Crippen molar-refractivity contribution in [3.05, 3.63) is 82.0 Å².